The first-order valence-electron chi connectivity index (χ1n) is 6.22. The number of thioether (sulfide) groups is 1. The highest BCUT2D eigenvalue weighted by atomic mass is 32.2. The Morgan fingerprint density at radius 1 is 1.16 bits per heavy atom. The third-order valence-electron chi connectivity index (χ3n) is 2.72. The maximum atomic E-state index is 9.05. The molecule has 0 heterocycles. The zero-order chi connectivity index (χ0) is 13.5. The summed E-state index contributed by atoms with van der Waals surface area (Å²) >= 11 is 1.81. The van der Waals surface area contributed by atoms with Crippen LogP contribution in [0.2, 0.25) is 0 Å². The minimum absolute atomic E-state index is 0.704. The number of nitriles is 1. The summed E-state index contributed by atoms with van der Waals surface area (Å²) in [7, 11) is 0. The van der Waals surface area contributed by atoms with E-state index in [0.29, 0.717) is 5.56 Å². The quantitative estimate of drug-likeness (QED) is 0.656. The number of aryl methyl sites for hydroxylation is 1. The minimum atomic E-state index is 0.704. The molecule has 1 N–H and O–H groups in total. The molecule has 0 aliphatic rings. The molecule has 0 amide bonds. The van der Waals surface area contributed by atoms with Gasteiger partial charge in [0, 0.05) is 17.2 Å². The van der Waals surface area contributed by atoms with Gasteiger partial charge in [0.25, 0.3) is 0 Å². The molecule has 0 spiro atoms. The number of nitrogens with zero attached hydrogens (tertiary/aromatic N) is 1. The van der Waals surface area contributed by atoms with E-state index >= 15 is 0 Å². The van der Waals surface area contributed by atoms with Crippen molar-refractivity contribution in [1.29, 1.82) is 5.26 Å². The molecule has 2 rings (SSSR count). The highest BCUT2D eigenvalue weighted by molar-refractivity contribution is 7.99. The predicted molar refractivity (Wildman–Crippen MR) is 81.5 cm³/mol. The molecule has 19 heavy (non-hydrogen) atoms. The fourth-order valence-electron chi connectivity index (χ4n) is 1.77. The second-order valence-electron chi connectivity index (χ2n) is 4.25. The molecule has 0 aromatic heterocycles. The highest BCUT2D eigenvalue weighted by Crippen LogP contribution is 2.19. The smallest absolute Gasteiger partial charge is 0.101 e. The van der Waals surface area contributed by atoms with Crippen molar-refractivity contribution in [3.8, 4) is 6.07 Å². The standard InChI is InChI=1S/C16H16N2S/c1-13-7-8-14(12-17)16(11-13)18-9-10-19-15-5-3-2-4-6-15/h2-8,11,18H,9-10H2,1H3. The van der Waals surface area contributed by atoms with Gasteiger partial charge in [-0.25, -0.2) is 0 Å². The first-order valence-corrected chi connectivity index (χ1v) is 7.20. The Morgan fingerprint density at radius 3 is 2.68 bits per heavy atom. The molecule has 0 unspecified atom stereocenters. The summed E-state index contributed by atoms with van der Waals surface area (Å²) in [6.07, 6.45) is 0. The van der Waals surface area contributed by atoms with Crippen molar-refractivity contribution in [2.75, 3.05) is 17.6 Å². The maximum Gasteiger partial charge on any atom is 0.101 e. The van der Waals surface area contributed by atoms with Crippen LogP contribution in [0.5, 0.6) is 0 Å². The zero-order valence-electron chi connectivity index (χ0n) is 10.9. The van der Waals surface area contributed by atoms with Crippen molar-refractivity contribution < 1.29 is 0 Å². The van der Waals surface area contributed by atoms with Crippen LogP contribution in [0.25, 0.3) is 0 Å². The Kier molecular flexibility index (Phi) is 4.88. The number of nitrogens with one attached hydrogen (secondary N) is 1. The van der Waals surface area contributed by atoms with Crippen LogP contribution < -0.4 is 5.32 Å². The van der Waals surface area contributed by atoms with Gasteiger partial charge < -0.3 is 5.32 Å². The number of rotatable bonds is 5. The molecule has 0 fully saturated rings. The molecule has 96 valence electrons. The lowest BCUT2D eigenvalue weighted by Gasteiger charge is -2.09. The minimum Gasteiger partial charge on any atom is -0.383 e. The van der Waals surface area contributed by atoms with Crippen LogP contribution in [-0.4, -0.2) is 12.3 Å². The van der Waals surface area contributed by atoms with Gasteiger partial charge in [-0.2, -0.15) is 5.26 Å². The SMILES string of the molecule is Cc1ccc(C#N)c(NCCSc2ccccc2)c1. The van der Waals surface area contributed by atoms with E-state index in [4.69, 9.17) is 5.26 Å². The summed E-state index contributed by atoms with van der Waals surface area (Å²) in [4.78, 5) is 1.27. The number of anilines is 1. The molecule has 0 aliphatic heterocycles. The van der Waals surface area contributed by atoms with Gasteiger partial charge in [0.2, 0.25) is 0 Å². The van der Waals surface area contributed by atoms with Crippen LogP contribution in [-0.2, 0) is 0 Å². The Bertz CT molecular complexity index is 573. The second-order valence-corrected chi connectivity index (χ2v) is 5.42. The Morgan fingerprint density at radius 2 is 1.95 bits per heavy atom. The van der Waals surface area contributed by atoms with Crippen molar-refractivity contribution in [3.63, 3.8) is 0 Å². The molecule has 2 aromatic carbocycles. The molecule has 0 aliphatic carbocycles. The van der Waals surface area contributed by atoms with Gasteiger partial charge in [0.15, 0.2) is 0 Å². The summed E-state index contributed by atoms with van der Waals surface area (Å²) in [5.41, 5.74) is 2.80. The Hall–Kier alpha value is -1.92. The number of hydrogen-bond donors (Lipinski definition) is 1. The average Bonchev–Trinajstić information content (AvgIpc) is 2.45. The predicted octanol–water partition coefficient (Wildman–Crippen LogP) is 4.07. The van der Waals surface area contributed by atoms with E-state index in [-0.39, 0.29) is 0 Å². The van der Waals surface area contributed by atoms with Crippen LogP contribution in [0, 0.1) is 18.3 Å². The topological polar surface area (TPSA) is 35.8 Å². The van der Waals surface area contributed by atoms with Crippen LogP contribution >= 0.6 is 11.8 Å². The van der Waals surface area contributed by atoms with Gasteiger partial charge in [-0.3, -0.25) is 0 Å². The van der Waals surface area contributed by atoms with Crippen LogP contribution in [0.15, 0.2) is 53.4 Å². The van der Waals surface area contributed by atoms with Gasteiger partial charge in [-0.15, -0.1) is 11.8 Å². The van der Waals surface area contributed by atoms with E-state index in [1.807, 2.05) is 55.1 Å². The summed E-state index contributed by atoms with van der Waals surface area (Å²) in [6, 6.07) is 18.4. The van der Waals surface area contributed by atoms with Crippen molar-refractivity contribution in [3.05, 3.63) is 59.7 Å². The molecule has 0 saturated carbocycles. The third-order valence-corrected chi connectivity index (χ3v) is 3.74. The van der Waals surface area contributed by atoms with Gasteiger partial charge in [-0.1, -0.05) is 24.3 Å². The van der Waals surface area contributed by atoms with E-state index < -0.39 is 0 Å². The summed E-state index contributed by atoms with van der Waals surface area (Å²) in [5.74, 6) is 0.975. The third kappa shape index (κ3) is 4.04. The number of hydrogen-bond acceptors (Lipinski definition) is 3. The summed E-state index contributed by atoms with van der Waals surface area (Å²) < 4.78 is 0. The second kappa shape index (κ2) is 6.86. The molecule has 0 radical (unpaired) electrons. The van der Waals surface area contributed by atoms with E-state index in [0.717, 1.165) is 23.5 Å². The molecule has 0 bridgehead atoms. The van der Waals surface area contributed by atoms with Gasteiger partial charge in [0.1, 0.15) is 6.07 Å². The van der Waals surface area contributed by atoms with Gasteiger partial charge >= 0.3 is 0 Å². The average molecular weight is 268 g/mol. The van der Waals surface area contributed by atoms with E-state index in [9.17, 15) is 0 Å². The number of benzene rings is 2. The lowest BCUT2D eigenvalue weighted by Crippen LogP contribution is -2.05. The van der Waals surface area contributed by atoms with E-state index in [2.05, 4.69) is 23.5 Å². The normalized spacial score (nSPS) is 9.89. The van der Waals surface area contributed by atoms with Crippen molar-refractivity contribution in [1.82, 2.24) is 0 Å². The Balaban J connectivity index is 1.86. The lowest BCUT2D eigenvalue weighted by atomic mass is 10.1. The molecule has 3 heteroatoms. The van der Waals surface area contributed by atoms with E-state index in [1.54, 1.807) is 0 Å². The van der Waals surface area contributed by atoms with Crippen molar-refractivity contribution >= 4 is 17.4 Å². The van der Waals surface area contributed by atoms with Crippen LogP contribution in [0.4, 0.5) is 5.69 Å². The molecule has 2 nitrogen and oxygen atoms in total. The fraction of sp³-hybridized carbons (Fsp3) is 0.188. The van der Waals surface area contributed by atoms with Crippen molar-refractivity contribution in [2.45, 2.75) is 11.8 Å². The molecule has 0 atom stereocenters. The zero-order valence-corrected chi connectivity index (χ0v) is 11.7. The van der Waals surface area contributed by atoms with E-state index in [1.165, 1.54) is 4.90 Å². The van der Waals surface area contributed by atoms with Gasteiger partial charge in [0.05, 0.1) is 11.3 Å². The molecule has 0 saturated heterocycles. The van der Waals surface area contributed by atoms with Crippen LogP contribution in [0.1, 0.15) is 11.1 Å². The molecular formula is C16H16N2S. The van der Waals surface area contributed by atoms with Crippen LogP contribution in [0.3, 0.4) is 0 Å². The molecule has 2 aromatic rings. The largest absolute Gasteiger partial charge is 0.383 e. The highest BCUT2D eigenvalue weighted by Gasteiger charge is 2.01. The lowest BCUT2D eigenvalue weighted by molar-refractivity contribution is 1.21. The van der Waals surface area contributed by atoms with Crippen molar-refractivity contribution in [2.24, 2.45) is 0 Å². The summed E-state index contributed by atoms with van der Waals surface area (Å²) in [6.45, 7) is 2.88. The fourth-order valence-corrected chi connectivity index (χ4v) is 2.56. The maximum absolute atomic E-state index is 9.05. The Labute approximate surface area is 118 Å². The first kappa shape index (κ1) is 13.5. The molecular weight excluding hydrogens is 252 g/mol. The summed E-state index contributed by atoms with van der Waals surface area (Å²) in [5, 5.41) is 12.4. The van der Waals surface area contributed by atoms with Gasteiger partial charge in [-0.05, 0) is 36.8 Å². The monoisotopic (exact) mass is 268 g/mol. The first-order chi connectivity index (χ1) is 9.29.